The molecule has 3 aromatic heterocycles. The van der Waals surface area contributed by atoms with Crippen LogP contribution in [0.5, 0.6) is 0 Å². The first-order chi connectivity index (χ1) is 12.6. The van der Waals surface area contributed by atoms with E-state index in [1.165, 1.54) is 0 Å². The molecular formula is C19H21N5O2. The lowest BCUT2D eigenvalue weighted by atomic mass is 10.2. The first-order valence-corrected chi connectivity index (χ1v) is 8.56. The Morgan fingerprint density at radius 1 is 1.27 bits per heavy atom. The number of aromatic nitrogens is 3. The minimum Gasteiger partial charge on any atom is -0.468 e. The first-order valence-electron chi connectivity index (χ1n) is 8.56. The summed E-state index contributed by atoms with van der Waals surface area (Å²) in [6.07, 6.45) is 3.42. The maximum atomic E-state index is 12.9. The van der Waals surface area contributed by atoms with Crippen molar-refractivity contribution in [3.05, 3.63) is 71.2 Å². The molecule has 0 saturated carbocycles. The van der Waals surface area contributed by atoms with Crippen molar-refractivity contribution in [1.29, 1.82) is 0 Å². The number of rotatable bonds is 5. The van der Waals surface area contributed by atoms with E-state index in [1.54, 1.807) is 24.4 Å². The van der Waals surface area contributed by atoms with Gasteiger partial charge >= 0.3 is 0 Å². The maximum Gasteiger partial charge on any atom is 0.274 e. The SMILES string of the molecule is CN(Cc1ccccn1)C(=O)c1nn(C)c2c1CN(Cc1ccco1)C2. The third-order valence-electron chi connectivity index (χ3n) is 4.66. The summed E-state index contributed by atoms with van der Waals surface area (Å²) in [5.74, 6) is 0.846. The van der Waals surface area contributed by atoms with Crippen LogP contribution in [0, 0.1) is 0 Å². The minimum absolute atomic E-state index is 0.0765. The Morgan fingerprint density at radius 2 is 2.15 bits per heavy atom. The van der Waals surface area contributed by atoms with Crippen molar-refractivity contribution in [1.82, 2.24) is 24.6 Å². The van der Waals surface area contributed by atoms with E-state index in [0.717, 1.165) is 35.8 Å². The third kappa shape index (κ3) is 3.13. The van der Waals surface area contributed by atoms with E-state index in [-0.39, 0.29) is 5.91 Å². The highest BCUT2D eigenvalue weighted by atomic mass is 16.3. The number of amides is 1. The average molecular weight is 351 g/mol. The van der Waals surface area contributed by atoms with Crippen LogP contribution >= 0.6 is 0 Å². The van der Waals surface area contributed by atoms with Gasteiger partial charge in [0.25, 0.3) is 5.91 Å². The van der Waals surface area contributed by atoms with Gasteiger partial charge in [-0.15, -0.1) is 0 Å². The summed E-state index contributed by atoms with van der Waals surface area (Å²) >= 11 is 0. The van der Waals surface area contributed by atoms with Crippen LogP contribution in [0.1, 0.15) is 33.2 Å². The van der Waals surface area contributed by atoms with E-state index in [2.05, 4.69) is 15.0 Å². The highest BCUT2D eigenvalue weighted by Gasteiger charge is 2.31. The van der Waals surface area contributed by atoms with Gasteiger partial charge in [-0.25, -0.2) is 0 Å². The smallest absolute Gasteiger partial charge is 0.274 e. The number of fused-ring (bicyclic) bond motifs is 1. The summed E-state index contributed by atoms with van der Waals surface area (Å²) < 4.78 is 7.26. The molecule has 1 aliphatic rings. The Kier molecular flexibility index (Phi) is 4.30. The van der Waals surface area contributed by atoms with E-state index in [4.69, 9.17) is 4.42 Å². The molecule has 1 aliphatic heterocycles. The summed E-state index contributed by atoms with van der Waals surface area (Å²) in [7, 11) is 3.68. The van der Waals surface area contributed by atoms with Gasteiger partial charge in [-0.2, -0.15) is 5.10 Å². The van der Waals surface area contributed by atoms with Crippen LogP contribution < -0.4 is 0 Å². The first kappa shape index (κ1) is 16.5. The van der Waals surface area contributed by atoms with Gasteiger partial charge < -0.3 is 9.32 Å². The Bertz CT molecular complexity index is 902. The highest BCUT2D eigenvalue weighted by molar-refractivity contribution is 5.94. The summed E-state index contributed by atoms with van der Waals surface area (Å²) in [4.78, 5) is 21.1. The van der Waals surface area contributed by atoms with Crippen molar-refractivity contribution in [2.45, 2.75) is 26.2 Å². The zero-order valence-corrected chi connectivity index (χ0v) is 14.9. The maximum absolute atomic E-state index is 12.9. The van der Waals surface area contributed by atoms with E-state index >= 15 is 0 Å². The third-order valence-corrected chi connectivity index (χ3v) is 4.66. The lowest BCUT2D eigenvalue weighted by Gasteiger charge is -2.17. The molecule has 0 aromatic carbocycles. The molecule has 7 nitrogen and oxygen atoms in total. The van der Waals surface area contributed by atoms with Gasteiger partial charge in [-0.1, -0.05) is 6.07 Å². The molecule has 26 heavy (non-hydrogen) atoms. The molecule has 0 atom stereocenters. The second-order valence-electron chi connectivity index (χ2n) is 6.60. The largest absolute Gasteiger partial charge is 0.468 e. The fourth-order valence-electron chi connectivity index (χ4n) is 3.35. The molecule has 3 aromatic rings. The number of carbonyl (C=O) groups excluding carboxylic acids is 1. The van der Waals surface area contributed by atoms with Crippen molar-refractivity contribution in [2.75, 3.05) is 7.05 Å². The van der Waals surface area contributed by atoms with E-state index in [0.29, 0.717) is 18.8 Å². The Hall–Kier alpha value is -2.93. The molecule has 1 amide bonds. The second-order valence-corrected chi connectivity index (χ2v) is 6.60. The topological polar surface area (TPSA) is 67.4 Å². The molecule has 0 fully saturated rings. The molecule has 0 saturated heterocycles. The molecular weight excluding hydrogens is 330 g/mol. The number of carbonyl (C=O) groups is 1. The number of nitrogens with zero attached hydrogens (tertiary/aromatic N) is 5. The molecule has 0 radical (unpaired) electrons. The molecule has 0 spiro atoms. The monoisotopic (exact) mass is 351 g/mol. The van der Waals surface area contributed by atoms with Gasteiger partial charge in [0.05, 0.1) is 30.7 Å². The van der Waals surface area contributed by atoms with Crippen molar-refractivity contribution in [3.63, 3.8) is 0 Å². The minimum atomic E-state index is -0.0765. The van der Waals surface area contributed by atoms with Gasteiger partial charge in [0.15, 0.2) is 5.69 Å². The zero-order valence-electron chi connectivity index (χ0n) is 14.9. The van der Waals surface area contributed by atoms with Gasteiger partial charge in [0.1, 0.15) is 5.76 Å². The normalized spacial score (nSPS) is 13.8. The number of hydrogen-bond donors (Lipinski definition) is 0. The summed E-state index contributed by atoms with van der Waals surface area (Å²) in [6, 6.07) is 9.56. The van der Waals surface area contributed by atoms with Crippen LogP contribution in [0.3, 0.4) is 0 Å². The number of pyridine rings is 1. The fraction of sp³-hybridized carbons (Fsp3) is 0.316. The van der Waals surface area contributed by atoms with Crippen LogP contribution in [0.4, 0.5) is 0 Å². The molecule has 4 heterocycles. The molecule has 4 rings (SSSR count). The molecule has 0 aliphatic carbocycles. The van der Waals surface area contributed by atoms with Crippen molar-refractivity contribution < 1.29 is 9.21 Å². The van der Waals surface area contributed by atoms with Gasteiger partial charge in [-0.05, 0) is 24.3 Å². The van der Waals surface area contributed by atoms with E-state index < -0.39 is 0 Å². The predicted molar refractivity (Wildman–Crippen MR) is 94.9 cm³/mol. The summed E-state index contributed by atoms with van der Waals surface area (Å²) in [6.45, 7) is 2.64. The Morgan fingerprint density at radius 3 is 2.88 bits per heavy atom. The van der Waals surface area contributed by atoms with Crippen molar-refractivity contribution >= 4 is 5.91 Å². The highest BCUT2D eigenvalue weighted by Crippen LogP contribution is 2.27. The summed E-state index contributed by atoms with van der Waals surface area (Å²) in [5, 5.41) is 4.48. The molecule has 0 unspecified atom stereocenters. The van der Waals surface area contributed by atoms with Crippen LogP contribution in [0.15, 0.2) is 47.2 Å². The van der Waals surface area contributed by atoms with Crippen molar-refractivity contribution in [2.24, 2.45) is 7.05 Å². The second kappa shape index (κ2) is 6.76. The standard InChI is InChI=1S/C19H21N5O2/c1-22(10-14-6-3-4-8-20-14)19(25)18-16-12-24(11-15-7-5-9-26-15)13-17(16)23(2)21-18/h3-9H,10-13H2,1-2H3. The Labute approximate surface area is 151 Å². The summed E-state index contributed by atoms with van der Waals surface area (Å²) in [5.41, 5.74) is 3.49. The van der Waals surface area contributed by atoms with E-state index in [1.807, 2.05) is 42.1 Å². The molecule has 0 N–H and O–H groups in total. The average Bonchev–Trinajstić information content (AvgIpc) is 3.35. The lowest BCUT2D eigenvalue weighted by molar-refractivity contribution is 0.0774. The van der Waals surface area contributed by atoms with Crippen molar-refractivity contribution in [3.8, 4) is 0 Å². The van der Waals surface area contributed by atoms with Gasteiger partial charge in [0, 0.05) is 38.9 Å². The van der Waals surface area contributed by atoms with Gasteiger partial charge in [0.2, 0.25) is 0 Å². The van der Waals surface area contributed by atoms with Crippen LogP contribution in [0.2, 0.25) is 0 Å². The number of hydrogen-bond acceptors (Lipinski definition) is 5. The quantitative estimate of drug-likeness (QED) is 0.705. The van der Waals surface area contributed by atoms with Gasteiger partial charge in [-0.3, -0.25) is 19.4 Å². The number of aryl methyl sites for hydroxylation is 1. The molecule has 7 heteroatoms. The fourth-order valence-corrected chi connectivity index (χ4v) is 3.35. The molecule has 0 bridgehead atoms. The Balaban J connectivity index is 1.50. The zero-order chi connectivity index (χ0) is 18.1. The van der Waals surface area contributed by atoms with Crippen LogP contribution in [-0.2, 0) is 33.2 Å². The number of furan rings is 1. The predicted octanol–water partition coefficient (Wildman–Crippen LogP) is 2.20. The van der Waals surface area contributed by atoms with Crippen LogP contribution in [0.25, 0.3) is 0 Å². The lowest BCUT2D eigenvalue weighted by Crippen LogP contribution is -2.28. The van der Waals surface area contributed by atoms with E-state index in [9.17, 15) is 4.79 Å². The van der Waals surface area contributed by atoms with Crippen LogP contribution in [-0.4, -0.2) is 37.5 Å². The molecule has 134 valence electrons.